The van der Waals surface area contributed by atoms with Crippen LogP contribution >= 0.6 is 0 Å². The van der Waals surface area contributed by atoms with Crippen LogP contribution in [0.4, 0.5) is 36.2 Å². The molecule has 0 bridgehead atoms. The third-order valence-corrected chi connectivity index (χ3v) is 17.1. The SMILES string of the molecule is C[C@]1(C(=O)ON2C(=O)CCC2=O)CC/C=C/[C@@H](OC(=O)ON2C(=O)CCC2=O)CC1.C[C@]1(C(=O)Oc2ccc([N+](=O)[O-])cc2)CC/C=C/[C@@H](OC(=O)Oc2ccc([N+](=O)[O-])cc2)CC1.O=C(O[C@@H]1/C=C/CCCCC1)ON1C(=O)CCC1=O.O=C(Oc1ccc([N+](=O)[O-])cc1)O[C@@H]1/C=C/CCCCC1. The summed E-state index contributed by atoms with van der Waals surface area (Å²) >= 11 is 0. The van der Waals surface area contributed by atoms with Gasteiger partial charge in [0, 0.05) is 74.9 Å². The van der Waals surface area contributed by atoms with Crippen LogP contribution in [0.3, 0.4) is 0 Å². The number of amides is 6. The Hall–Kier alpha value is -11.7. The van der Waals surface area contributed by atoms with Crippen molar-refractivity contribution in [3.63, 3.8) is 0 Å². The van der Waals surface area contributed by atoms with Crippen LogP contribution < -0.4 is 14.2 Å². The Balaban J connectivity index is 0.000000199. The molecule has 3 aromatic carbocycles. The van der Waals surface area contributed by atoms with Crippen LogP contribution in [0.5, 0.6) is 17.2 Å². The molecule has 34 nitrogen and oxygen atoms in total. The van der Waals surface area contributed by atoms with Gasteiger partial charge < -0.3 is 38.0 Å². The summed E-state index contributed by atoms with van der Waals surface area (Å²) in [5.74, 6) is -4.03. The number of carbonyl (C=O) groups excluding carboxylic acids is 12. The lowest BCUT2D eigenvalue weighted by Crippen LogP contribution is -2.40. The molecule has 6 amide bonds. The minimum atomic E-state index is -1.20. The average molecular weight is 1450 g/mol. The Labute approximate surface area is 594 Å². The summed E-state index contributed by atoms with van der Waals surface area (Å²) in [6.45, 7) is 3.41. The topological polar surface area (TPSA) is 436 Å². The molecular formula is C70H78N6O28. The molecule has 3 aromatic rings. The van der Waals surface area contributed by atoms with Crippen molar-refractivity contribution in [3.8, 4) is 17.2 Å². The van der Waals surface area contributed by atoms with Gasteiger partial charge in [0.05, 0.1) is 25.6 Å². The lowest BCUT2D eigenvalue weighted by atomic mass is 9.79. The number of carbonyl (C=O) groups is 12. The molecule has 3 saturated heterocycles. The van der Waals surface area contributed by atoms with Crippen molar-refractivity contribution in [2.75, 3.05) is 0 Å². The fraction of sp³-hybridized carbons (Fsp3) is 0.457. The Morgan fingerprint density at radius 3 is 0.981 bits per heavy atom. The number of ether oxygens (including phenoxy) is 7. The number of hydrogen-bond acceptors (Lipinski definition) is 28. The highest BCUT2D eigenvalue weighted by Crippen LogP contribution is 2.37. The van der Waals surface area contributed by atoms with Gasteiger partial charge >= 0.3 is 36.6 Å². The van der Waals surface area contributed by atoms with E-state index in [0.717, 1.165) is 64.2 Å². The minimum absolute atomic E-state index is 0.00557. The molecule has 0 aromatic heterocycles. The van der Waals surface area contributed by atoms with Crippen LogP contribution in [-0.2, 0) is 71.8 Å². The zero-order valence-corrected chi connectivity index (χ0v) is 56.9. The van der Waals surface area contributed by atoms with E-state index < -0.39 is 110 Å². The number of nitro benzene ring substituents is 3. The molecule has 3 heterocycles. The van der Waals surface area contributed by atoms with Gasteiger partial charge in [0.1, 0.15) is 41.7 Å². The maximum atomic E-state index is 12.9. The quantitative estimate of drug-likeness (QED) is 0.0199. The molecule has 0 saturated carbocycles. The maximum absolute atomic E-state index is 12.9. The Morgan fingerprint density at radius 2 is 0.644 bits per heavy atom. The zero-order valence-electron chi connectivity index (χ0n) is 56.9. The predicted octanol–water partition coefficient (Wildman–Crippen LogP) is 12.5. The van der Waals surface area contributed by atoms with E-state index in [1.165, 1.54) is 72.8 Å². The van der Waals surface area contributed by atoms with Crippen LogP contribution in [0.15, 0.2) is 121 Å². The Bertz CT molecular complexity index is 3730. The molecule has 10 rings (SSSR count). The highest BCUT2D eigenvalue weighted by atomic mass is 16.8. The van der Waals surface area contributed by atoms with Crippen LogP contribution in [0.2, 0.25) is 0 Å². The van der Waals surface area contributed by atoms with Crippen LogP contribution in [0.1, 0.15) is 168 Å². The number of imide groups is 3. The highest BCUT2D eigenvalue weighted by Gasteiger charge is 2.43. The first-order chi connectivity index (χ1) is 49.7. The van der Waals surface area contributed by atoms with E-state index in [-0.39, 0.29) is 97.9 Å². The van der Waals surface area contributed by atoms with E-state index in [0.29, 0.717) is 53.7 Å². The van der Waals surface area contributed by atoms with Gasteiger partial charge in [-0.25, -0.2) is 24.0 Å². The highest BCUT2D eigenvalue weighted by molar-refractivity contribution is 6.03. The molecule has 4 aliphatic carbocycles. The van der Waals surface area contributed by atoms with Crippen molar-refractivity contribution in [3.05, 3.63) is 152 Å². The van der Waals surface area contributed by atoms with Gasteiger partial charge in [-0.3, -0.25) is 73.6 Å². The minimum Gasteiger partial charge on any atom is -0.426 e. The van der Waals surface area contributed by atoms with Crippen molar-refractivity contribution in [2.24, 2.45) is 10.8 Å². The largest absolute Gasteiger partial charge is 0.534 e. The molecule has 0 spiro atoms. The Kier molecular flexibility index (Phi) is 29.8. The first kappa shape index (κ1) is 79.6. The molecule has 3 fully saturated rings. The zero-order chi connectivity index (χ0) is 75.3. The lowest BCUT2D eigenvalue weighted by molar-refractivity contribution is -0.385. The number of allylic oxidation sites excluding steroid dienone is 4. The second-order valence-corrected chi connectivity index (χ2v) is 25.0. The van der Waals surface area contributed by atoms with E-state index in [1.54, 1.807) is 38.2 Å². The molecular weight excluding hydrogens is 1370 g/mol. The van der Waals surface area contributed by atoms with Gasteiger partial charge in [0.15, 0.2) is 0 Å². The smallest absolute Gasteiger partial charge is 0.426 e. The summed E-state index contributed by atoms with van der Waals surface area (Å²) in [4.78, 5) is 187. The number of nitrogens with zero attached hydrogens (tertiary/aromatic N) is 6. The average Bonchev–Trinajstić information content (AvgIpc) is 1.38. The first-order valence-electron chi connectivity index (χ1n) is 33.6. The summed E-state index contributed by atoms with van der Waals surface area (Å²) in [5, 5.41) is 33.4. The molecule has 6 atom stereocenters. The molecule has 0 radical (unpaired) electrons. The first-order valence-corrected chi connectivity index (χ1v) is 33.6. The van der Waals surface area contributed by atoms with Crippen molar-refractivity contribution in [1.29, 1.82) is 0 Å². The predicted molar refractivity (Wildman–Crippen MR) is 355 cm³/mol. The molecule has 7 aliphatic rings. The number of benzene rings is 3. The van der Waals surface area contributed by atoms with Crippen molar-refractivity contribution >= 4 is 89.1 Å². The van der Waals surface area contributed by atoms with Crippen LogP contribution in [0, 0.1) is 41.2 Å². The van der Waals surface area contributed by atoms with Gasteiger partial charge in [-0.1, -0.05) is 47.3 Å². The summed E-state index contributed by atoms with van der Waals surface area (Å²) in [7, 11) is 0. The summed E-state index contributed by atoms with van der Waals surface area (Å²) < 4.78 is 36.3. The van der Waals surface area contributed by atoms with Crippen LogP contribution in [0.25, 0.3) is 0 Å². The lowest BCUT2D eigenvalue weighted by Gasteiger charge is -2.30. The molecule has 556 valence electrons. The van der Waals surface area contributed by atoms with Gasteiger partial charge in [0.25, 0.3) is 52.5 Å². The normalized spacial score (nSPS) is 23.7. The fourth-order valence-electron chi connectivity index (χ4n) is 11.0. The maximum Gasteiger partial charge on any atom is 0.534 e. The number of hydrogen-bond donors (Lipinski definition) is 0. The number of nitro groups is 3. The molecule has 3 aliphatic heterocycles. The van der Waals surface area contributed by atoms with E-state index in [2.05, 4.69) is 9.68 Å². The summed E-state index contributed by atoms with van der Waals surface area (Å²) in [6.07, 6.45) is 21.8. The number of non-ortho nitro benzene ring substituents is 3. The Morgan fingerprint density at radius 1 is 0.356 bits per heavy atom. The summed E-state index contributed by atoms with van der Waals surface area (Å²) in [6, 6.07) is 15.5. The fourth-order valence-corrected chi connectivity index (χ4v) is 11.0. The molecule has 0 unspecified atom stereocenters. The number of hydroxylamine groups is 6. The van der Waals surface area contributed by atoms with E-state index in [4.69, 9.17) is 38.0 Å². The second kappa shape index (κ2) is 38.9. The number of rotatable bonds is 15. The standard InChI is InChI=1S/C23H22N2O9.C19H22N2O9.C15H17NO5.C13H17NO5/c1-23(21(26)32-19-9-5-16(6-10-19)24(28)29)14-3-2-4-18(13-15-23)33-22(27)34-20-11-7-17(8-12-20)25(30)31;1-19(17(26)29-20-13(22)5-6-14(20)23)10-3-2-4-12(9-11-19)28-18(27)30-21-15(24)7-8-16(21)25;17-15(20-13-6-4-2-1-3-5-7-13)21-14-10-8-12(9-11-14)16(18)19;15-11-8-9-12(16)14(11)19-13(17)18-10-6-4-2-1-3-5-7-10/h2,4-12,18H,3,13-15H2,1H3;2,4,12H,3,5-11H2,1H3;4,6,8-11,13H,1-3,5,7H2;4,6,10H,1-3,5,7-9H2/b2*4-2+;2*6-4+/t18-,23+;12-,19+;13-;10-/m1111/s1. The van der Waals surface area contributed by atoms with Crippen LogP contribution in [-0.4, -0.2) is 126 Å². The molecule has 104 heavy (non-hydrogen) atoms. The van der Waals surface area contributed by atoms with E-state index >= 15 is 0 Å². The van der Waals surface area contributed by atoms with E-state index in [1.807, 2.05) is 24.3 Å². The van der Waals surface area contributed by atoms with Gasteiger partial charge in [-0.05, 0) is 177 Å². The number of esters is 1. The van der Waals surface area contributed by atoms with Crippen molar-refractivity contribution in [1.82, 2.24) is 15.2 Å². The van der Waals surface area contributed by atoms with Gasteiger partial charge in [-0.15, -0.1) is 5.06 Å². The molecule has 34 heteroatoms. The van der Waals surface area contributed by atoms with E-state index in [9.17, 15) is 87.9 Å². The molecule has 0 N–H and O–H groups in total. The monoisotopic (exact) mass is 1450 g/mol. The summed E-state index contributed by atoms with van der Waals surface area (Å²) in [5.41, 5.74) is -2.18. The van der Waals surface area contributed by atoms with Crippen molar-refractivity contribution in [2.45, 2.75) is 192 Å². The van der Waals surface area contributed by atoms with Gasteiger partial charge in [0.2, 0.25) is 0 Å². The second-order valence-electron chi connectivity index (χ2n) is 25.0. The third kappa shape index (κ3) is 25.1. The van der Waals surface area contributed by atoms with Gasteiger partial charge in [-0.2, -0.15) is 0 Å². The van der Waals surface area contributed by atoms with Crippen molar-refractivity contribution < 1.29 is 120 Å². The third-order valence-electron chi connectivity index (χ3n) is 17.1.